The highest BCUT2D eigenvalue weighted by Crippen LogP contribution is 2.47. The topological polar surface area (TPSA) is 68.3 Å². The van der Waals surface area contributed by atoms with E-state index in [-0.39, 0.29) is 22.6 Å². The molecule has 1 saturated carbocycles. The summed E-state index contributed by atoms with van der Waals surface area (Å²) in [6, 6.07) is 14.0. The maximum absolute atomic E-state index is 16.4. The predicted octanol–water partition coefficient (Wildman–Crippen LogP) is 4.14. The monoisotopic (exact) mass is 396 g/mol. The van der Waals surface area contributed by atoms with Crippen molar-refractivity contribution in [2.45, 2.75) is 46.2 Å². The van der Waals surface area contributed by atoms with Crippen LogP contribution < -0.4 is 0 Å². The van der Waals surface area contributed by atoms with E-state index < -0.39 is 29.9 Å². The molecular weight excluding hydrogens is 375 g/mol. The lowest BCUT2D eigenvalue weighted by Crippen LogP contribution is -2.49. The number of benzene rings is 2. The van der Waals surface area contributed by atoms with Crippen molar-refractivity contribution >= 4 is 19.7 Å². The van der Waals surface area contributed by atoms with Gasteiger partial charge >= 0.3 is 4.33 Å². The molecule has 140 valence electrons. The minimum atomic E-state index is -4.76. The summed E-state index contributed by atoms with van der Waals surface area (Å²) in [5.41, 5.74) is 0. The first-order valence-electron chi connectivity index (χ1n) is 8.60. The van der Waals surface area contributed by atoms with Gasteiger partial charge in [0, 0.05) is 5.92 Å². The Bertz CT molecular complexity index is 880. The van der Waals surface area contributed by atoms with Crippen LogP contribution in [0.3, 0.4) is 0 Å². The van der Waals surface area contributed by atoms with Gasteiger partial charge in [-0.3, -0.25) is 0 Å². The SMILES string of the molecule is O=S(=O)(c1ccccc1)C(F)(C1CCCCC1)S(=O)(=O)c1ccccc1. The number of alkyl halides is 1. The zero-order valence-electron chi connectivity index (χ0n) is 14.2. The summed E-state index contributed by atoms with van der Waals surface area (Å²) >= 11 is 0. The fraction of sp³-hybridized carbons (Fsp3) is 0.368. The van der Waals surface area contributed by atoms with Crippen LogP contribution in [-0.2, 0) is 19.7 Å². The van der Waals surface area contributed by atoms with E-state index >= 15 is 4.39 Å². The van der Waals surface area contributed by atoms with Crippen molar-refractivity contribution in [2.24, 2.45) is 5.92 Å². The molecular formula is C19H21FO4S2. The first-order valence-corrected chi connectivity index (χ1v) is 11.6. The van der Waals surface area contributed by atoms with Gasteiger partial charge < -0.3 is 0 Å². The number of halogens is 1. The van der Waals surface area contributed by atoms with Crippen LogP contribution in [0.25, 0.3) is 0 Å². The molecule has 0 N–H and O–H groups in total. The normalized spacial score (nSPS) is 17.1. The first-order chi connectivity index (χ1) is 12.3. The molecule has 26 heavy (non-hydrogen) atoms. The maximum atomic E-state index is 16.4. The van der Waals surface area contributed by atoms with Crippen molar-refractivity contribution in [3.8, 4) is 0 Å². The third kappa shape index (κ3) is 2.97. The smallest absolute Gasteiger partial charge is 0.219 e. The summed E-state index contributed by atoms with van der Waals surface area (Å²) in [7, 11) is -9.52. The van der Waals surface area contributed by atoms with Gasteiger partial charge in [-0.25, -0.2) is 21.2 Å². The van der Waals surface area contributed by atoms with Crippen LogP contribution in [0.4, 0.5) is 4.39 Å². The van der Waals surface area contributed by atoms with E-state index in [1.54, 1.807) is 12.1 Å². The lowest BCUT2D eigenvalue weighted by Gasteiger charge is -2.35. The number of sulfone groups is 2. The van der Waals surface area contributed by atoms with Crippen LogP contribution in [0.15, 0.2) is 70.5 Å². The molecule has 0 aliphatic heterocycles. The molecule has 1 aliphatic carbocycles. The molecule has 0 amide bonds. The summed E-state index contributed by atoms with van der Waals surface area (Å²) in [6.45, 7) is 0. The Morgan fingerprint density at radius 1 is 0.692 bits per heavy atom. The molecule has 0 atom stereocenters. The summed E-state index contributed by atoms with van der Waals surface area (Å²) in [5.74, 6) is -1.09. The quantitative estimate of drug-likeness (QED) is 0.762. The summed E-state index contributed by atoms with van der Waals surface area (Å²) < 4.78 is 65.9. The van der Waals surface area contributed by atoms with E-state index in [0.717, 1.165) is 6.42 Å². The van der Waals surface area contributed by atoms with E-state index in [2.05, 4.69) is 0 Å². The van der Waals surface area contributed by atoms with Gasteiger partial charge in [0.1, 0.15) is 0 Å². The number of hydrogen-bond donors (Lipinski definition) is 0. The van der Waals surface area contributed by atoms with E-state index in [9.17, 15) is 16.8 Å². The van der Waals surface area contributed by atoms with Gasteiger partial charge in [-0.05, 0) is 37.1 Å². The van der Waals surface area contributed by atoms with Crippen molar-refractivity contribution in [1.29, 1.82) is 0 Å². The highest BCUT2D eigenvalue weighted by atomic mass is 32.3. The number of rotatable bonds is 5. The molecule has 1 aliphatic rings. The second kappa shape index (κ2) is 7.12. The zero-order valence-corrected chi connectivity index (χ0v) is 15.8. The molecule has 0 saturated heterocycles. The third-order valence-electron chi connectivity index (χ3n) is 4.93. The van der Waals surface area contributed by atoms with Gasteiger partial charge in [-0.2, -0.15) is 0 Å². The molecule has 2 aromatic rings. The van der Waals surface area contributed by atoms with Crippen molar-refractivity contribution in [3.63, 3.8) is 0 Å². The molecule has 0 spiro atoms. The van der Waals surface area contributed by atoms with Crippen LogP contribution in [-0.4, -0.2) is 21.2 Å². The second-order valence-corrected chi connectivity index (χ2v) is 11.0. The van der Waals surface area contributed by atoms with Crippen LogP contribution in [0, 0.1) is 5.92 Å². The van der Waals surface area contributed by atoms with Gasteiger partial charge in [-0.15, -0.1) is 0 Å². The first kappa shape index (κ1) is 19.0. The van der Waals surface area contributed by atoms with E-state index in [4.69, 9.17) is 0 Å². The van der Waals surface area contributed by atoms with Gasteiger partial charge in [-0.1, -0.05) is 55.7 Å². The lowest BCUT2D eigenvalue weighted by atomic mass is 9.90. The standard InChI is InChI=1S/C19H21FO4S2/c20-19(16-10-4-1-5-11-16,25(21,22)17-12-6-2-7-13-17)26(23,24)18-14-8-3-9-15-18/h2-3,6-9,12-16H,1,4-5,10-11H2. The molecule has 0 unspecified atom stereocenters. The van der Waals surface area contributed by atoms with E-state index in [0.29, 0.717) is 12.8 Å². The molecule has 4 nitrogen and oxygen atoms in total. The highest BCUT2D eigenvalue weighted by molar-refractivity contribution is 8.10. The Balaban J connectivity index is 2.24. The Kier molecular flexibility index (Phi) is 5.21. The summed E-state index contributed by atoms with van der Waals surface area (Å²) in [6.07, 6.45) is 2.54. The van der Waals surface area contributed by atoms with Crippen molar-refractivity contribution in [1.82, 2.24) is 0 Å². The molecule has 0 heterocycles. The summed E-state index contributed by atoms with van der Waals surface area (Å²) in [4.78, 5) is -0.625. The van der Waals surface area contributed by atoms with Crippen molar-refractivity contribution < 1.29 is 21.2 Å². The molecule has 3 rings (SSSR count). The Hall–Kier alpha value is -1.73. The van der Waals surface area contributed by atoms with Crippen LogP contribution in [0.1, 0.15) is 32.1 Å². The average molecular weight is 397 g/mol. The Labute approximate surface area is 153 Å². The number of hydrogen-bond acceptors (Lipinski definition) is 4. The minimum Gasteiger partial charge on any atom is -0.219 e. The van der Waals surface area contributed by atoms with Gasteiger partial charge in [0.2, 0.25) is 19.7 Å². The molecule has 0 radical (unpaired) electrons. The predicted molar refractivity (Wildman–Crippen MR) is 97.7 cm³/mol. The average Bonchev–Trinajstić information content (AvgIpc) is 2.69. The molecule has 2 aromatic carbocycles. The lowest BCUT2D eigenvalue weighted by molar-refractivity contribution is 0.203. The molecule has 7 heteroatoms. The molecule has 0 bridgehead atoms. The Morgan fingerprint density at radius 3 is 1.46 bits per heavy atom. The van der Waals surface area contributed by atoms with Crippen LogP contribution in [0.2, 0.25) is 0 Å². The maximum Gasteiger partial charge on any atom is 0.320 e. The minimum absolute atomic E-state index is 0.231. The second-order valence-electron chi connectivity index (χ2n) is 6.55. The largest absolute Gasteiger partial charge is 0.320 e. The van der Waals surface area contributed by atoms with Gasteiger partial charge in [0.15, 0.2) is 0 Å². The van der Waals surface area contributed by atoms with Crippen molar-refractivity contribution in [3.05, 3.63) is 60.7 Å². The fourth-order valence-electron chi connectivity index (χ4n) is 3.55. The molecule has 1 fully saturated rings. The van der Waals surface area contributed by atoms with Crippen LogP contribution >= 0.6 is 0 Å². The fourth-order valence-corrected chi connectivity index (χ4v) is 8.31. The van der Waals surface area contributed by atoms with Crippen molar-refractivity contribution in [2.75, 3.05) is 0 Å². The van der Waals surface area contributed by atoms with Gasteiger partial charge in [0.05, 0.1) is 9.79 Å². The van der Waals surface area contributed by atoms with Gasteiger partial charge in [0.25, 0.3) is 0 Å². The highest BCUT2D eigenvalue weighted by Gasteiger charge is 2.62. The molecule has 0 aromatic heterocycles. The third-order valence-corrected chi connectivity index (χ3v) is 10.2. The van der Waals surface area contributed by atoms with Crippen LogP contribution in [0.5, 0.6) is 0 Å². The summed E-state index contributed by atoms with van der Waals surface area (Å²) in [5, 5.41) is 0. The van der Waals surface area contributed by atoms with E-state index in [1.165, 1.54) is 48.5 Å². The van der Waals surface area contributed by atoms with E-state index in [1.807, 2.05) is 0 Å². The Morgan fingerprint density at radius 2 is 1.08 bits per heavy atom. The zero-order chi connectivity index (χ0) is 18.8.